The molecule has 23 heterocycles. The fourth-order valence-corrected chi connectivity index (χ4v) is 19.6. The molecule has 0 aromatic carbocycles. The Kier molecular flexibility index (Phi) is 8.04. The first-order valence-corrected chi connectivity index (χ1v) is 30.4. The molecular formula is C46H48N32O16. The minimum absolute atomic E-state index is 0.521. The smallest absolute Gasteiger partial charge is 0.314 e. The molecule has 48 nitrogen and oxygen atoms in total. The lowest BCUT2D eigenvalue weighted by Crippen LogP contribution is -2.63. The van der Waals surface area contributed by atoms with Gasteiger partial charge in [-0.25, -0.2) is 76.7 Å². The predicted octanol–water partition coefficient (Wildman–Crippen LogP) is -8.34. The van der Waals surface area contributed by atoms with Gasteiger partial charge >= 0.3 is 96.5 Å². The molecule has 0 unspecified atom stereocenters. The third kappa shape index (κ3) is 5.05. The SMILES string of the molecule is O=C1N2CN3C(=O)N4CN5C(=O)N[C@H]6[C@@H]5N5CN7C(=O)N(CN8C(=O)N9CN%10C(=O)N(CN%11C(=O)N%12CN%13C(=O)N%14CN%15C(=O)N%16CN%17C(=O)N(CN6C5=O)[C@@H]5NC(=O)N(CN6C(=O)N(CN%18C(=O)N(CN%19C(=O)N[C@H]%11[C@@H]%19%12)[C@H]%13[C@@H]%18%14)[C@H]%15[C@@H]6%16)[C@@H]5%17)[C@@H]5NC(=O)N(CN1[C@@H]9[C@H]28)[C@@H]5%10)[C@H]3[C@H]47. The largest absolute Gasteiger partial charge is 0.326 e. The lowest BCUT2D eigenvalue weighted by Gasteiger charge is -2.42. The lowest BCUT2D eigenvalue weighted by atomic mass is 10.3. The molecule has 23 fully saturated rings. The van der Waals surface area contributed by atoms with E-state index in [0.717, 1.165) is 0 Å². The van der Waals surface area contributed by atoms with Crippen LogP contribution in [0.15, 0.2) is 0 Å². The Hall–Kier alpha value is -11.7. The first kappa shape index (κ1) is 50.0. The second-order valence-electron chi connectivity index (χ2n) is 27.1. The van der Waals surface area contributed by atoms with E-state index < -0.39 is 289 Å². The molecule has 0 saturated carbocycles. The summed E-state index contributed by atoms with van der Waals surface area (Å²) in [4.78, 5) is 276. The number of hydrogen-bond acceptors (Lipinski definition) is 16. The van der Waals surface area contributed by atoms with Crippen molar-refractivity contribution in [3.8, 4) is 0 Å². The number of hydrogen-bond donors (Lipinski definition) is 4. The molecule has 488 valence electrons. The number of nitrogens with zero attached hydrogens (tertiary/aromatic N) is 28. The Morgan fingerprint density at radius 1 is 0.149 bits per heavy atom. The molecule has 4 N–H and O–H groups in total. The highest BCUT2D eigenvalue weighted by Crippen LogP contribution is 2.50. The molecule has 23 saturated heterocycles. The highest BCUT2D eigenvalue weighted by molar-refractivity contribution is 5.96. The summed E-state index contributed by atoms with van der Waals surface area (Å²) in [5, 5.41) is 11.3. The molecule has 48 heteroatoms. The van der Waals surface area contributed by atoms with Crippen LogP contribution in [0.4, 0.5) is 76.7 Å². The second-order valence-corrected chi connectivity index (χ2v) is 27.1. The molecule has 0 radical (unpaired) electrons. The van der Waals surface area contributed by atoms with E-state index in [1.807, 2.05) is 0 Å². The zero-order valence-electron chi connectivity index (χ0n) is 48.2. The average molecular weight is 1310 g/mol. The van der Waals surface area contributed by atoms with Gasteiger partial charge in [0.2, 0.25) is 0 Å². The minimum atomic E-state index is -1.27. The van der Waals surface area contributed by atoms with Gasteiger partial charge in [-0.3, -0.25) is 137 Å². The molecule has 94 heavy (non-hydrogen) atoms. The summed E-state index contributed by atoms with van der Waals surface area (Å²) in [7, 11) is 0. The molecule has 32 amide bonds. The zero-order valence-corrected chi connectivity index (χ0v) is 48.2. The van der Waals surface area contributed by atoms with E-state index in [-0.39, 0.29) is 0 Å². The van der Waals surface area contributed by atoms with Gasteiger partial charge in [-0.1, -0.05) is 0 Å². The van der Waals surface area contributed by atoms with Gasteiger partial charge < -0.3 is 21.3 Å². The maximum absolute atomic E-state index is 15.4. The lowest BCUT2D eigenvalue weighted by molar-refractivity contribution is -0.0155. The van der Waals surface area contributed by atoms with E-state index >= 15 is 57.5 Å². The van der Waals surface area contributed by atoms with E-state index in [1.54, 1.807) is 0 Å². The Morgan fingerprint density at radius 3 is 0.404 bits per heavy atom. The normalized spacial score (nSPS) is 39.8. The van der Waals surface area contributed by atoms with Crippen molar-refractivity contribution in [1.29, 1.82) is 0 Å². The van der Waals surface area contributed by atoms with Crippen molar-refractivity contribution in [3.05, 3.63) is 0 Å². The predicted molar refractivity (Wildman–Crippen MR) is 279 cm³/mol. The first-order valence-electron chi connectivity index (χ1n) is 30.4. The maximum Gasteiger partial charge on any atom is 0.326 e. The summed E-state index contributed by atoms with van der Waals surface area (Å²) in [6.45, 7) is -7.79. The molecular weight excluding hydrogens is 1260 g/mol. The highest BCUT2D eigenvalue weighted by Gasteiger charge is 2.75. The van der Waals surface area contributed by atoms with Crippen LogP contribution in [-0.4, -0.2) is 426 Å². The van der Waals surface area contributed by atoms with Crippen LogP contribution < -0.4 is 21.3 Å². The summed E-state index contributed by atoms with van der Waals surface area (Å²) < 4.78 is 0. The van der Waals surface area contributed by atoms with Gasteiger partial charge in [0.05, 0.1) is 0 Å². The molecule has 0 aromatic rings. The van der Waals surface area contributed by atoms with Crippen LogP contribution in [0.5, 0.6) is 0 Å². The van der Waals surface area contributed by atoms with Gasteiger partial charge in [-0.2, -0.15) is 0 Å². The fourth-order valence-electron chi connectivity index (χ4n) is 19.6. The van der Waals surface area contributed by atoms with Gasteiger partial charge in [0.15, 0.2) is 74.0 Å². The van der Waals surface area contributed by atoms with Crippen molar-refractivity contribution in [1.82, 2.24) is 158 Å². The Balaban J connectivity index is 0.660. The number of carbonyl (C=O) groups is 16. The van der Waals surface area contributed by atoms with Gasteiger partial charge in [-0.15, -0.1) is 0 Å². The van der Waals surface area contributed by atoms with Crippen LogP contribution in [0.25, 0.3) is 0 Å². The van der Waals surface area contributed by atoms with Crippen LogP contribution in [0.1, 0.15) is 0 Å². The first-order chi connectivity index (χ1) is 45.3. The van der Waals surface area contributed by atoms with E-state index in [1.165, 1.54) is 137 Å². The van der Waals surface area contributed by atoms with E-state index in [9.17, 15) is 19.2 Å². The molecule has 0 spiro atoms. The quantitative estimate of drug-likeness (QED) is 0.175. The van der Waals surface area contributed by atoms with E-state index in [4.69, 9.17) is 0 Å². The van der Waals surface area contributed by atoms with Gasteiger partial charge in [0.25, 0.3) is 0 Å². The van der Waals surface area contributed by atoms with Crippen molar-refractivity contribution in [3.63, 3.8) is 0 Å². The molecule has 23 aliphatic rings. The fraction of sp³-hybridized carbons (Fsp3) is 0.652. The van der Waals surface area contributed by atoms with Crippen molar-refractivity contribution in [2.75, 3.05) is 93.4 Å². The number of nitrogens with one attached hydrogen (secondary N) is 4. The average Bonchev–Trinajstić information content (AvgIpc) is 1.53. The number of rotatable bonds is 0. The summed E-state index contributed by atoms with van der Waals surface area (Å²) in [5.41, 5.74) is 0. The Morgan fingerprint density at radius 2 is 0.255 bits per heavy atom. The zero-order chi connectivity index (χ0) is 63.4. The molecule has 0 aliphatic carbocycles. The summed E-state index contributed by atoms with van der Waals surface area (Å²) in [6, 6.07) is -12.1. The molecule has 23 aliphatic heterocycles. The van der Waals surface area contributed by atoms with Crippen molar-refractivity contribution in [2.45, 2.75) is 98.7 Å². The van der Waals surface area contributed by atoms with E-state index in [2.05, 4.69) is 21.3 Å². The van der Waals surface area contributed by atoms with Crippen LogP contribution in [0.2, 0.25) is 0 Å². The second kappa shape index (κ2) is 15.1. The third-order valence-corrected chi connectivity index (χ3v) is 23.5. The third-order valence-electron chi connectivity index (χ3n) is 23.5. The molecule has 16 bridgehead atoms. The van der Waals surface area contributed by atoms with Gasteiger partial charge in [-0.05, 0) is 0 Å². The minimum Gasteiger partial charge on any atom is -0.314 e. The molecule has 16 atom stereocenters. The van der Waals surface area contributed by atoms with Crippen molar-refractivity contribution in [2.24, 2.45) is 0 Å². The summed E-state index contributed by atoms with van der Waals surface area (Å²) >= 11 is 0. The summed E-state index contributed by atoms with van der Waals surface area (Å²) in [5.74, 6) is 0. The van der Waals surface area contributed by atoms with Crippen LogP contribution in [0.3, 0.4) is 0 Å². The number of urea groups is 16. The number of carbonyl (C=O) groups excluding carboxylic acids is 16. The maximum atomic E-state index is 15.4. The van der Waals surface area contributed by atoms with E-state index in [0.29, 0.717) is 0 Å². The molecule has 23 rings (SSSR count). The number of fused-ring (bicyclic) bond motifs is 8. The topological polar surface area (TPSA) is 412 Å². The number of amides is 32. The van der Waals surface area contributed by atoms with Crippen LogP contribution >= 0.6 is 0 Å². The van der Waals surface area contributed by atoms with Gasteiger partial charge in [0, 0.05) is 0 Å². The Labute approximate surface area is 522 Å². The Bertz CT molecular complexity index is 3500. The summed E-state index contributed by atoms with van der Waals surface area (Å²) in [6.07, 6.45) is -20.2. The van der Waals surface area contributed by atoms with Gasteiger partial charge in [0.1, 0.15) is 118 Å². The van der Waals surface area contributed by atoms with Crippen LogP contribution in [0, 0.1) is 0 Å². The monoisotopic (exact) mass is 1300 g/mol. The highest BCUT2D eigenvalue weighted by atomic mass is 16.3. The van der Waals surface area contributed by atoms with Crippen LogP contribution in [-0.2, 0) is 0 Å². The standard InChI is InChI=1S/C46H48N32O16/c79-31-47-15-19-55(31)3-63-23-27-71(39(63)87)11-73-29-25-65(41(73)89)5-57-21-17(49-33(57)81)53-2-54-18-22-58(34(82)50-18)6-66-26-30-74(42(66)90)12-72-28-24-64(40(72)88)4-56-20-16(48-32(56)80)52(36(84)60(20)8-68(24)44(92)76(28)14-78(30)46(94)70(26)10-62(22)38(54)86)1-51(15)35(83)59(19)7-67(23)43(91)75(27)13-77(29)45(93)69(25)9-61(21)37(53)85/h15-30H,1-14H2,(H,47,79)(H,48,80)(H,49,81)(H,50,82)/t15-,16+,17+,18-,19+,20-,21-,22+,23-,24+,25+,26-,27+,28-,29-,30+. The van der Waals surface area contributed by atoms with Crippen molar-refractivity contribution < 1.29 is 76.7 Å². The van der Waals surface area contributed by atoms with Crippen molar-refractivity contribution >= 4 is 96.5 Å². The molecule has 0 aromatic heterocycles.